The summed E-state index contributed by atoms with van der Waals surface area (Å²) in [5.74, 6) is 1.51. The Bertz CT molecular complexity index is 557. The summed E-state index contributed by atoms with van der Waals surface area (Å²) in [5, 5.41) is 13.6. The predicted octanol–water partition coefficient (Wildman–Crippen LogP) is 2.72. The fourth-order valence-electron chi connectivity index (χ4n) is 1.78. The first kappa shape index (κ1) is 14.7. The highest BCUT2D eigenvalue weighted by Crippen LogP contribution is 2.34. The highest BCUT2D eigenvalue weighted by atomic mass is 32.1. The van der Waals surface area contributed by atoms with Gasteiger partial charge in [-0.2, -0.15) is 0 Å². The maximum absolute atomic E-state index is 5.39. The molecule has 0 saturated carbocycles. The number of hydrogen-bond donors (Lipinski definition) is 1. The van der Waals surface area contributed by atoms with Crippen molar-refractivity contribution < 1.29 is 9.47 Å². The SMILES string of the molecule is CCCNCc1nnc(-c2ccc(OC)cc2OC)s1. The molecule has 0 aliphatic carbocycles. The molecule has 108 valence electrons. The third kappa shape index (κ3) is 3.46. The molecule has 20 heavy (non-hydrogen) atoms. The van der Waals surface area contributed by atoms with E-state index in [2.05, 4.69) is 22.4 Å². The lowest BCUT2D eigenvalue weighted by molar-refractivity contribution is 0.395. The Labute approximate surface area is 123 Å². The van der Waals surface area contributed by atoms with Crippen LogP contribution in [0, 0.1) is 0 Å². The number of benzene rings is 1. The van der Waals surface area contributed by atoms with Gasteiger partial charge in [0, 0.05) is 12.6 Å². The van der Waals surface area contributed by atoms with Gasteiger partial charge in [0.2, 0.25) is 0 Å². The van der Waals surface area contributed by atoms with E-state index in [4.69, 9.17) is 9.47 Å². The van der Waals surface area contributed by atoms with Crippen molar-refractivity contribution in [3.63, 3.8) is 0 Å². The average molecular weight is 293 g/mol. The fraction of sp³-hybridized carbons (Fsp3) is 0.429. The molecule has 0 aliphatic rings. The Hall–Kier alpha value is -1.66. The number of rotatable bonds is 7. The molecule has 1 aromatic carbocycles. The maximum atomic E-state index is 5.39. The van der Waals surface area contributed by atoms with E-state index in [0.717, 1.165) is 46.6 Å². The summed E-state index contributed by atoms with van der Waals surface area (Å²) in [7, 11) is 3.28. The minimum Gasteiger partial charge on any atom is -0.497 e. The Morgan fingerprint density at radius 3 is 2.75 bits per heavy atom. The van der Waals surface area contributed by atoms with Gasteiger partial charge in [0.15, 0.2) is 5.01 Å². The van der Waals surface area contributed by atoms with Crippen molar-refractivity contribution in [2.24, 2.45) is 0 Å². The van der Waals surface area contributed by atoms with Crippen molar-refractivity contribution >= 4 is 11.3 Å². The zero-order valence-electron chi connectivity index (χ0n) is 12.0. The first-order valence-corrected chi connectivity index (χ1v) is 7.35. The first-order chi connectivity index (χ1) is 9.78. The molecule has 0 bridgehead atoms. The summed E-state index contributed by atoms with van der Waals surface area (Å²) in [5.41, 5.74) is 0.938. The van der Waals surface area contributed by atoms with Crippen LogP contribution in [0.2, 0.25) is 0 Å². The van der Waals surface area contributed by atoms with E-state index >= 15 is 0 Å². The average Bonchev–Trinajstić information content (AvgIpc) is 2.95. The van der Waals surface area contributed by atoms with E-state index in [0.29, 0.717) is 0 Å². The molecule has 2 rings (SSSR count). The lowest BCUT2D eigenvalue weighted by atomic mass is 10.2. The summed E-state index contributed by atoms with van der Waals surface area (Å²) in [4.78, 5) is 0. The Balaban J connectivity index is 2.18. The summed E-state index contributed by atoms with van der Waals surface area (Å²) in [6.07, 6.45) is 1.11. The Morgan fingerprint density at radius 1 is 1.20 bits per heavy atom. The molecule has 1 N–H and O–H groups in total. The Kier molecular flexibility index (Phi) is 5.31. The summed E-state index contributed by atoms with van der Waals surface area (Å²) in [6.45, 7) is 3.88. The molecule has 1 aromatic heterocycles. The summed E-state index contributed by atoms with van der Waals surface area (Å²) < 4.78 is 10.6. The smallest absolute Gasteiger partial charge is 0.151 e. The van der Waals surface area contributed by atoms with Crippen LogP contribution < -0.4 is 14.8 Å². The normalized spacial score (nSPS) is 10.6. The zero-order valence-corrected chi connectivity index (χ0v) is 12.8. The third-order valence-electron chi connectivity index (χ3n) is 2.81. The van der Waals surface area contributed by atoms with E-state index in [1.54, 1.807) is 25.6 Å². The van der Waals surface area contributed by atoms with Gasteiger partial charge in [-0.3, -0.25) is 0 Å². The molecule has 2 aromatic rings. The highest BCUT2D eigenvalue weighted by molar-refractivity contribution is 7.14. The van der Waals surface area contributed by atoms with Crippen molar-refractivity contribution in [3.05, 3.63) is 23.2 Å². The van der Waals surface area contributed by atoms with E-state index in [1.807, 2.05) is 18.2 Å². The van der Waals surface area contributed by atoms with Crippen LogP contribution in [0.1, 0.15) is 18.4 Å². The van der Waals surface area contributed by atoms with Crippen LogP contribution >= 0.6 is 11.3 Å². The second kappa shape index (κ2) is 7.21. The van der Waals surface area contributed by atoms with E-state index in [9.17, 15) is 0 Å². The van der Waals surface area contributed by atoms with E-state index in [-0.39, 0.29) is 0 Å². The van der Waals surface area contributed by atoms with Gasteiger partial charge in [0.05, 0.1) is 19.8 Å². The standard InChI is InChI=1S/C14H19N3O2S/c1-4-7-15-9-13-16-17-14(20-13)11-6-5-10(18-2)8-12(11)19-3/h5-6,8,15H,4,7,9H2,1-3H3. The minimum atomic E-state index is 0.744. The van der Waals surface area contributed by atoms with E-state index < -0.39 is 0 Å². The van der Waals surface area contributed by atoms with Gasteiger partial charge in [-0.1, -0.05) is 18.3 Å². The first-order valence-electron chi connectivity index (χ1n) is 6.54. The van der Waals surface area contributed by atoms with Gasteiger partial charge < -0.3 is 14.8 Å². The molecule has 5 nitrogen and oxygen atoms in total. The fourth-order valence-corrected chi connectivity index (χ4v) is 2.62. The number of nitrogens with one attached hydrogen (secondary N) is 1. The maximum Gasteiger partial charge on any atom is 0.151 e. The van der Waals surface area contributed by atoms with Crippen LogP contribution in [0.15, 0.2) is 18.2 Å². The quantitative estimate of drug-likeness (QED) is 0.795. The van der Waals surface area contributed by atoms with Gasteiger partial charge in [-0.25, -0.2) is 0 Å². The summed E-state index contributed by atoms with van der Waals surface area (Å²) >= 11 is 1.57. The topological polar surface area (TPSA) is 56.3 Å². The number of aromatic nitrogens is 2. The molecule has 0 radical (unpaired) electrons. The molecule has 0 amide bonds. The minimum absolute atomic E-state index is 0.744. The molecule has 6 heteroatoms. The van der Waals surface area contributed by atoms with Crippen molar-refractivity contribution in [3.8, 4) is 22.1 Å². The molecule has 0 unspecified atom stereocenters. The van der Waals surface area contributed by atoms with E-state index in [1.165, 1.54) is 0 Å². The van der Waals surface area contributed by atoms with Crippen LogP contribution in [0.5, 0.6) is 11.5 Å². The van der Waals surface area contributed by atoms with Gasteiger partial charge >= 0.3 is 0 Å². The molecule has 0 aliphatic heterocycles. The molecular formula is C14H19N3O2S. The summed E-state index contributed by atoms with van der Waals surface area (Å²) in [6, 6.07) is 5.70. The van der Waals surface area contributed by atoms with Crippen LogP contribution in [0.25, 0.3) is 10.6 Å². The van der Waals surface area contributed by atoms with Crippen LogP contribution in [0.3, 0.4) is 0 Å². The van der Waals surface area contributed by atoms with Gasteiger partial charge in [0.1, 0.15) is 16.5 Å². The lowest BCUT2D eigenvalue weighted by Gasteiger charge is -2.07. The largest absolute Gasteiger partial charge is 0.497 e. The molecule has 0 fully saturated rings. The third-order valence-corrected chi connectivity index (χ3v) is 3.77. The van der Waals surface area contributed by atoms with Crippen LogP contribution in [0.4, 0.5) is 0 Å². The molecule has 0 saturated heterocycles. The second-order valence-electron chi connectivity index (χ2n) is 4.24. The molecular weight excluding hydrogens is 274 g/mol. The number of ether oxygens (including phenoxy) is 2. The van der Waals surface area contributed by atoms with Crippen molar-refractivity contribution in [1.29, 1.82) is 0 Å². The highest BCUT2D eigenvalue weighted by Gasteiger charge is 2.12. The second-order valence-corrected chi connectivity index (χ2v) is 5.31. The number of hydrogen-bond acceptors (Lipinski definition) is 6. The number of nitrogens with zero attached hydrogens (tertiary/aromatic N) is 2. The zero-order chi connectivity index (χ0) is 14.4. The van der Waals surface area contributed by atoms with Gasteiger partial charge in [-0.05, 0) is 25.1 Å². The number of methoxy groups -OCH3 is 2. The van der Waals surface area contributed by atoms with Crippen LogP contribution in [-0.4, -0.2) is 31.0 Å². The van der Waals surface area contributed by atoms with Crippen molar-refractivity contribution in [1.82, 2.24) is 15.5 Å². The van der Waals surface area contributed by atoms with Crippen molar-refractivity contribution in [2.45, 2.75) is 19.9 Å². The van der Waals surface area contributed by atoms with Crippen molar-refractivity contribution in [2.75, 3.05) is 20.8 Å². The monoisotopic (exact) mass is 293 g/mol. The van der Waals surface area contributed by atoms with Gasteiger partial charge in [0.25, 0.3) is 0 Å². The molecule has 0 spiro atoms. The Morgan fingerprint density at radius 2 is 2.05 bits per heavy atom. The predicted molar refractivity (Wildman–Crippen MR) is 80.4 cm³/mol. The molecule has 0 atom stereocenters. The molecule has 1 heterocycles. The van der Waals surface area contributed by atoms with Crippen LogP contribution in [-0.2, 0) is 6.54 Å². The lowest BCUT2D eigenvalue weighted by Crippen LogP contribution is -2.13. The van der Waals surface area contributed by atoms with Gasteiger partial charge in [-0.15, -0.1) is 10.2 Å².